The van der Waals surface area contributed by atoms with Crippen molar-refractivity contribution in [2.24, 2.45) is 4.99 Å². The van der Waals surface area contributed by atoms with Gasteiger partial charge < -0.3 is 10.1 Å². The van der Waals surface area contributed by atoms with Crippen molar-refractivity contribution in [3.05, 3.63) is 28.2 Å². The normalized spacial score (nSPS) is 13.5. The quantitative estimate of drug-likeness (QED) is 0.652. The summed E-state index contributed by atoms with van der Waals surface area (Å²) in [7, 11) is 1.62. The summed E-state index contributed by atoms with van der Waals surface area (Å²) in [6.07, 6.45) is 0.751. The van der Waals surface area contributed by atoms with Gasteiger partial charge in [-0.1, -0.05) is 15.9 Å². The molecule has 1 aromatic carbocycles. The first kappa shape index (κ1) is 16.0. The molecule has 1 N–H and O–H groups in total. The summed E-state index contributed by atoms with van der Waals surface area (Å²) in [4.78, 5) is 4.29. The number of rotatable bonds is 5. The highest BCUT2D eigenvalue weighted by atomic mass is 79.9. The van der Waals surface area contributed by atoms with Crippen molar-refractivity contribution in [2.75, 3.05) is 19.0 Å². The molecule has 0 saturated heterocycles. The lowest BCUT2D eigenvalue weighted by Gasteiger charge is -2.11. The van der Waals surface area contributed by atoms with Gasteiger partial charge in [0.1, 0.15) is 5.69 Å². The van der Waals surface area contributed by atoms with Gasteiger partial charge >= 0.3 is 0 Å². The molecule has 106 valence electrons. The number of hydrogen-bond donors (Lipinski definition) is 1. The molecule has 0 saturated carbocycles. The van der Waals surface area contributed by atoms with Gasteiger partial charge in [0, 0.05) is 18.2 Å². The van der Waals surface area contributed by atoms with Crippen molar-refractivity contribution in [1.29, 1.82) is 0 Å². The summed E-state index contributed by atoms with van der Waals surface area (Å²) >= 11 is 3.03. The second-order valence-electron chi connectivity index (χ2n) is 4.21. The van der Waals surface area contributed by atoms with Crippen molar-refractivity contribution >= 4 is 27.5 Å². The van der Waals surface area contributed by atoms with E-state index in [4.69, 9.17) is 4.74 Å². The zero-order valence-electron chi connectivity index (χ0n) is 11.1. The van der Waals surface area contributed by atoms with E-state index in [0.717, 1.165) is 6.42 Å². The van der Waals surface area contributed by atoms with Gasteiger partial charge in [0.15, 0.2) is 11.6 Å². The number of ether oxygens (including phenoxy) is 1. The fraction of sp³-hybridized carbons (Fsp3) is 0.462. The molecule has 6 heteroatoms. The maximum absolute atomic E-state index is 13.6. The van der Waals surface area contributed by atoms with Gasteiger partial charge in [-0.05, 0) is 32.4 Å². The molecule has 0 heterocycles. The molecule has 0 spiro atoms. The van der Waals surface area contributed by atoms with E-state index >= 15 is 0 Å². The molecular formula is C13H17BrF2N2O. The molecule has 0 radical (unpaired) electrons. The number of anilines is 1. The minimum Gasteiger partial charge on any atom is -0.385 e. The average Bonchev–Trinajstić information content (AvgIpc) is 2.31. The SMILES string of the molecule is COCCC(C)N=C(C)Nc1c(F)cc(Br)cc1F. The van der Waals surface area contributed by atoms with Crippen LogP contribution in [0.5, 0.6) is 0 Å². The smallest absolute Gasteiger partial charge is 0.150 e. The van der Waals surface area contributed by atoms with E-state index in [-0.39, 0.29) is 11.7 Å². The van der Waals surface area contributed by atoms with Crippen molar-refractivity contribution < 1.29 is 13.5 Å². The third-order valence-corrected chi connectivity index (χ3v) is 2.92. The minimum atomic E-state index is -0.661. The third-order valence-electron chi connectivity index (χ3n) is 2.47. The van der Waals surface area contributed by atoms with E-state index in [1.54, 1.807) is 14.0 Å². The molecule has 3 nitrogen and oxygen atoms in total. The van der Waals surface area contributed by atoms with Crippen LogP contribution < -0.4 is 5.32 Å². The first-order valence-electron chi connectivity index (χ1n) is 5.89. The molecular weight excluding hydrogens is 318 g/mol. The monoisotopic (exact) mass is 334 g/mol. The molecule has 0 fully saturated rings. The largest absolute Gasteiger partial charge is 0.385 e. The molecule has 0 amide bonds. The number of amidine groups is 1. The van der Waals surface area contributed by atoms with Crippen LogP contribution in [0.2, 0.25) is 0 Å². The Morgan fingerprint density at radius 1 is 1.42 bits per heavy atom. The highest BCUT2D eigenvalue weighted by Crippen LogP contribution is 2.23. The lowest BCUT2D eigenvalue weighted by Crippen LogP contribution is -2.14. The van der Waals surface area contributed by atoms with Crippen molar-refractivity contribution in [2.45, 2.75) is 26.3 Å². The van der Waals surface area contributed by atoms with Crippen LogP contribution in [0.1, 0.15) is 20.3 Å². The first-order chi connectivity index (χ1) is 8.93. The summed E-state index contributed by atoms with van der Waals surface area (Å²) in [6.45, 7) is 4.18. The topological polar surface area (TPSA) is 33.6 Å². The molecule has 1 unspecified atom stereocenters. The molecule has 0 aromatic heterocycles. The predicted octanol–water partition coefficient (Wildman–Crippen LogP) is 3.98. The van der Waals surface area contributed by atoms with E-state index in [2.05, 4.69) is 26.2 Å². The summed E-state index contributed by atoms with van der Waals surface area (Å²) in [6, 6.07) is 2.43. The maximum Gasteiger partial charge on any atom is 0.150 e. The van der Waals surface area contributed by atoms with Gasteiger partial charge in [-0.15, -0.1) is 0 Å². The lowest BCUT2D eigenvalue weighted by atomic mass is 10.2. The Bertz CT molecular complexity index is 443. The average molecular weight is 335 g/mol. The Kier molecular flexibility index (Phi) is 6.37. The number of nitrogens with zero attached hydrogens (tertiary/aromatic N) is 1. The van der Waals surface area contributed by atoms with Gasteiger partial charge in [0.2, 0.25) is 0 Å². The highest BCUT2D eigenvalue weighted by Gasteiger charge is 2.11. The van der Waals surface area contributed by atoms with Crippen LogP contribution in [0.25, 0.3) is 0 Å². The fourth-order valence-electron chi connectivity index (χ4n) is 1.56. The Labute approximate surface area is 120 Å². The Balaban J connectivity index is 2.76. The van der Waals surface area contributed by atoms with Crippen LogP contribution in [-0.4, -0.2) is 25.6 Å². The van der Waals surface area contributed by atoms with Crippen LogP contribution in [-0.2, 0) is 4.74 Å². The second kappa shape index (κ2) is 7.55. The Morgan fingerprint density at radius 3 is 2.53 bits per heavy atom. The van der Waals surface area contributed by atoms with Gasteiger partial charge in [0.05, 0.1) is 11.9 Å². The fourth-order valence-corrected chi connectivity index (χ4v) is 1.96. The molecule has 0 aliphatic heterocycles. The summed E-state index contributed by atoms with van der Waals surface area (Å²) in [5, 5.41) is 2.65. The van der Waals surface area contributed by atoms with Gasteiger partial charge in [-0.25, -0.2) is 8.78 Å². The molecule has 1 aromatic rings. The third kappa shape index (κ3) is 5.24. The van der Waals surface area contributed by atoms with E-state index in [9.17, 15) is 8.78 Å². The summed E-state index contributed by atoms with van der Waals surface area (Å²) in [5.41, 5.74) is -0.191. The molecule has 0 aliphatic rings. The van der Waals surface area contributed by atoms with Crippen molar-refractivity contribution in [3.63, 3.8) is 0 Å². The standard InChI is InChI=1S/C13H17BrF2N2O/c1-8(4-5-19-3)17-9(2)18-13-11(15)6-10(14)7-12(13)16/h6-8H,4-5H2,1-3H3,(H,17,18). The van der Waals surface area contributed by atoms with Crippen molar-refractivity contribution in [3.8, 4) is 0 Å². The first-order valence-corrected chi connectivity index (χ1v) is 6.68. The molecule has 19 heavy (non-hydrogen) atoms. The Hall–Kier alpha value is -1.01. The zero-order valence-corrected chi connectivity index (χ0v) is 12.7. The van der Waals surface area contributed by atoms with Crippen LogP contribution in [0.4, 0.5) is 14.5 Å². The molecule has 0 aliphatic carbocycles. The molecule has 1 rings (SSSR count). The number of benzene rings is 1. The Morgan fingerprint density at radius 2 is 2.00 bits per heavy atom. The van der Waals surface area contributed by atoms with Gasteiger partial charge in [0.25, 0.3) is 0 Å². The van der Waals surface area contributed by atoms with Crippen molar-refractivity contribution in [1.82, 2.24) is 0 Å². The minimum absolute atomic E-state index is 0.0222. The van der Waals surface area contributed by atoms with E-state index in [1.807, 2.05) is 6.92 Å². The van der Waals surface area contributed by atoms with Gasteiger partial charge in [-0.2, -0.15) is 0 Å². The van der Waals surface area contributed by atoms with E-state index in [1.165, 1.54) is 12.1 Å². The summed E-state index contributed by atoms with van der Waals surface area (Å²) in [5.74, 6) is -0.860. The van der Waals surface area contributed by atoms with E-state index in [0.29, 0.717) is 16.9 Å². The zero-order chi connectivity index (χ0) is 14.4. The van der Waals surface area contributed by atoms with Crippen LogP contribution in [0, 0.1) is 11.6 Å². The van der Waals surface area contributed by atoms with Crippen LogP contribution >= 0.6 is 15.9 Å². The maximum atomic E-state index is 13.6. The van der Waals surface area contributed by atoms with Crippen LogP contribution in [0.3, 0.4) is 0 Å². The molecule has 1 atom stereocenters. The number of nitrogens with one attached hydrogen (secondary N) is 1. The van der Waals surface area contributed by atoms with Crippen LogP contribution in [0.15, 0.2) is 21.6 Å². The highest BCUT2D eigenvalue weighted by molar-refractivity contribution is 9.10. The number of aliphatic imine (C=N–C) groups is 1. The number of hydrogen-bond acceptors (Lipinski definition) is 2. The second-order valence-corrected chi connectivity index (χ2v) is 5.13. The van der Waals surface area contributed by atoms with E-state index < -0.39 is 11.6 Å². The van der Waals surface area contributed by atoms with Gasteiger partial charge in [-0.3, -0.25) is 4.99 Å². The lowest BCUT2D eigenvalue weighted by molar-refractivity contribution is 0.190. The summed E-state index contributed by atoms with van der Waals surface area (Å²) < 4.78 is 32.5. The number of methoxy groups -OCH3 is 1. The number of halogens is 3. The molecule has 0 bridgehead atoms. The predicted molar refractivity (Wildman–Crippen MR) is 76.7 cm³/mol.